The molecule has 0 unspecified atom stereocenters. The molecule has 4 heteroatoms. The van der Waals surface area contributed by atoms with Gasteiger partial charge in [-0.25, -0.2) is 4.39 Å². The van der Waals surface area contributed by atoms with E-state index < -0.39 is 5.82 Å². The van der Waals surface area contributed by atoms with Gasteiger partial charge in [-0.2, -0.15) is 0 Å². The molecule has 14 heavy (non-hydrogen) atoms. The first-order chi connectivity index (χ1) is 6.83. The average Bonchev–Trinajstić information content (AvgIpc) is 2.44. The van der Waals surface area contributed by atoms with Gasteiger partial charge in [0.1, 0.15) is 0 Å². The molecule has 0 saturated heterocycles. The summed E-state index contributed by atoms with van der Waals surface area (Å²) in [6, 6.07) is 2.84. The third kappa shape index (κ3) is 1.47. The summed E-state index contributed by atoms with van der Waals surface area (Å²) in [6.07, 6.45) is 0.747. The predicted octanol–water partition coefficient (Wildman–Crippen LogP) is 2.00. The number of hydrogen-bond acceptors (Lipinski definition) is 3. The predicted molar refractivity (Wildman–Crippen MR) is 48.6 cm³/mol. The summed E-state index contributed by atoms with van der Waals surface area (Å²) in [5, 5.41) is 0. The van der Waals surface area contributed by atoms with Crippen LogP contribution in [0, 0.1) is 5.82 Å². The highest BCUT2D eigenvalue weighted by atomic mass is 19.1. The van der Waals surface area contributed by atoms with Crippen LogP contribution < -0.4 is 14.2 Å². The second kappa shape index (κ2) is 3.74. The van der Waals surface area contributed by atoms with E-state index in [4.69, 9.17) is 14.2 Å². The maximum absolute atomic E-state index is 13.3. The lowest BCUT2D eigenvalue weighted by molar-refractivity contribution is 0.288. The zero-order valence-corrected chi connectivity index (χ0v) is 7.88. The van der Waals surface area contributed by atoms with Gasteiger partial charge in [0.05, 0.1) is 20.3 Å². The highest BCUT2D eigenvalue weighted by Gasteiger charge is 2.19. The molecule has 0 atom stereocenters. The highest BCUT2D eigenvalue weighted by Crippen LogP contribution is 2.40. The molecule has 76 valence electrons. The lowest BCUT2D eigenvalue weighted by Gasteiger charge is -2.11. The summed E-state index contributed by atoms with van der Waals surface area (Å²) in [7, 11) is 1.52. The number of methoxy groups -OCH3 is 1. The van der Waals surface area contributed by atoms with Crippen molar-refractivity contribution in [2.75, 3.05) is 20.3 Å². The molecule has 0 radical (unpaired) electrons. The van der Waals surface area contributed by atoms with E-state index in [1.165, 1.54) is 19.2 Å². The number of rotatable bonds is 1. The van der Waals surface area contributed by atoms with E-state index in [1.54, 1.807) is 0 Å². The first-order valence-electron chi connectivity index (χ1n) is 4.45. The van der Waals surface area contributed by atoms with Gasteiger partial charge in [0, 0.05) is 6.42 Å². The number of halogens is 1. The van der Waals surface area contributed by atoms with Gasteiger partial charge in [0.2, 0.25) is 11.5 Å². The zero-order valence-electron chi connectivity index (χ0n) is 7.88. The molecule has 3 nitrogen and oxygen atoms in total. The summed E-state index contributed by atoms with van der Waals surface area (Å²) >= 11 is 0. The van der Waals surface area contributed by atoms with Crippen LogP contribution in [0.4, 0.5) is 4.39 Å². The van der Waals surface area contributed by atoms with Crippen LogP contribution in [0.5, 0.6) is 17.2 Å². The van der Waals surface area contributed by atoms with Crippen molar-refractivity contribution in [2.45, 2.75) is 6.42 Å². The molecule has 0 aliphatic carbocycles. The Kier molecular flexibility index (Phi) is 2.43. The molecule has 1 aliphatic rings. The van der Waals surface area contributed by atoms with Crippen LogP contribution in [0.3, 0.4) is 0 Å². The van der Waals surface area contributed by atoms with Crippen LogP contribution >= 0.6 is 0 Å². The van der Waals surface area contributed by atoms with E-state index >= 15 is 0 Å². The van der Waals surface area contributed by atoms with Crippen molar-refractivity contribution in [3.63, 3.8) is 0 Å². The molecule has 0 N–H and O–H groups in total. The molecular formula is C10H11FO3. The third-order valence-corrected chi connectivity index (χ3v) is 2.03. The van der Waals surface area contributed by atoms with Gasteiger partial charge >= 0.3 is 0 Å². The monoisotopic (exact) mass is 198 g/mol. The van der Waals surface area contributed by atoms with E-state index in [2.05, 4.69) is 0 Å². The Morgan fingerprint density at radius 3 is 2.64 bits per heavy atom. The summed E-state index contributed by atoms with van der Waals surface area (Å²) in [6.45, 7) is 0.990. The second-order valence-electron chi connectivity index (χ2n) is 2.96. The minimum Gasteiger partial charge on any atom is -0.493 e. The molecule has 1 aromatic rings. The number of ether oxygens (including phenoxy) is 3. The topological polar surface area (TPSA) is 27.7 Å². The van der Waals surface area contributed by atoms with Gasteiger partial charge < -0.3 is 14.2 Å². The van der Waals surface area contributed by atoms with Crippen molar-refractivity contribution in [1.82, 2.24) is 0 Å². The minimum atomic E-state index is -0.414. The molecule has 0 fully saturated rings. The van der Waals surface area contributed by atoms with Crippen LogP contribution in [0.25, 0.3) is 0 Å². The van der Waals surface area contributed by atoms with Gasteiger partial charge in [0.25, 0.3) is 0 Å². The lowest BCUT2D eigenvalue weighted by atomic mass is 10.3. The first kappa shape index (κ1) is 9.12. The van der Waals surface area contributed by atoms with Gasteiger partial charge in [-0.1, -0.05) is 0 Å². The maximum Gasteiger partial charge on any atom is 0.206 e. The quantitative estimate of drug-likeness (QED) is 0.690. The molecule has 0 spiro atoms. The molecule has 0 bridgehead atoms. The van der Waals surface area contributed by atoms with Gasteiger partial charge in [-0.3, -0.25) is 0 Å². The summed E-state index contributed by atoms with van der Waals surface area (Å²) in [5.41, 5.74) is 0. The largest absolute Gasteiger partial charge is 0.493 e. The van der Waals surface area contributed by atoms with Crippen molar-refractivity contribution in [3.05, 3.63) is 17.9 Å². The van der Waals surface area contributed by atoms with E-state index in [-0.39, 0.29) is 5.75 Å². The molecule has 1 aliphatic heterocycles. The fraction of sp³-hybridized carbons (Fsp3) is 0.400. The van der Waals surface area contributed by atoms with Crippen molar-refractivity contribution >= 4 is 0 Å². The Morgan fingerprint density at radius 2 is 1.93 bits per heavy atom. The van der Waals surface area contributed by atoms with E-state index in [9.17, 15) is 4.39 Å². The average molecular weight is 198 g/mol. The molecule has 1 aromatic carbocycles. The van der Waals surface area contributed by atoms with Crippen molar-refractivity contribution in [2.24, 2.45) is 0 Å². The van der Waals surface area contributed by atoms with Gasteiger partial charge in [-0.15, -0.1) is 0 Å². The molecule has 2 rings (SSSR count). The minimum absolute atomic E-state index is 0.154. The zero-order chi connectivity index (χ0) is 9.97. The second-order valence-corrected chi connectivity index (χ2v) is 2.96. The maximum atomic E-state index is 13.3. The fourth-order valence-electron chi connectivity index (χ4n) is 1.36. The summed E-state index contributed by atoms with van der Waals surface area (Å²) in [4.78, 5) is 0. The van der Waals surface area contributed by atoms with Crippen LogP contribution in [0.15, 0.2) is 12.1 Å². The Morgan fingerprint density at radius 1 is 1.21 bits per heavy atom. The van der Waals surface area contributed by atoms with Crippen LogP contribution in [-0.2, 0) is 0 Å². The van der Waals surface area contributed by atoms with E-state index in [0.29, 0.717) is 24.7 Å². The molecule has 0 aromatic heterocycles. The smallest absolute Gasteiger partial charge is 0.206 e. The lowest BCUT2D eigenvalue weighted by Crippen LogP contribution is -1.98. The summed E-state index contributed by atoms with van der Waals surface area (Å²) in [5.74, 6) is 0.609. The molecule has 0 saturated carbocycles. The standard InChI is InChI=1S/C10H11FO3/c1-12-8-4-3-7(11)9-10(8)14-6-2-5-13-9/h3-4H,2,5-6H2,1H3. The van der Waals surface area contributed by atoms with E-state index in [1.807, 2.05) is 0 Å². The SMILES string of the molecule is COc1ccc(F)c2c1OCCCO2. The summed E-state index contributed by atoms with van der Waals surface area (Å²) < 4.78 is 29.0. The highest BCUT2D eigenvalue weighted by molar-refractivity contribution is 5.52. The third-order valence-electron chi connectivity index (χ3n) is 2.03. The Balaban J connectivity index is 2.49. The Bertz CT molecular complexity index is 338. The van der Waals surface area contributed by atoms with Crippen molar-refractivity contribution in [1.29, 1.82) is 0 Å². The molecule has 1 heterocycles. The normalized spacial score (nSPS) is 14.7. The number of fused-ring (bicyclic) bond motifs is 1. The van der Waals surface area contributed by atoms with Crippen LogP contribution in [0.2, 0.25) is 0 Å². The Labute approximate surface area is 81.4 Å². The Hall–Kier alpha value is -1.45. The van der Waals surface area contributed by atoms with E-state index in [0.717, 1.165) is 6.42 Å². The van der Waals surface area contributed by atoms with Crippen molar-refractivity contribution < 1.29 is 18.6 Å². The number of benzene rings is 1. The van der Waals surface area contributed by atoms with Crippen LogP contribution in [0.1, 0.15) is 6.42 Å². The molecule has 0 amide bonds. The fourth-order valence-corrected chi connectivity index (χ4v) is 1.36. The molecular weight excluding hydrogens is 187 g/mol. The first-order valence-corrected chi connectivity index (χ1v) is 4.45. The van der Waals surface area contributed by atoms with Crippen LogP contribution in [-0.4, -0.2) is 20.3 Å². The van der Waals surface area contributed by atoms with Gasteiger partial charge in [-0.05, 0) is 12.1 Å². The number of hydrogen-bond donors (Lipinski definition) is 0. The van der Waals surface area contributed by atoms with Gasteiger partial charge in [0.15, 0.2) is 11.6 Å². The van der Waals surface area contributed by atoms with Crippen molar-refractivity contribution in [3.8, 4) is 17.2 Å².